The summed E-state index contributed by atoms with van der Waals surface area (Å²) < 4.78 is 1.75. The molecule has 1 amide bonds. The SMILES string of the molecule is Cc1cc(C)cc(C(=O)Nc2cccn3nc(C4CCC4)nc23)c1. The molecule has 122 valence electrons. The largest absolute Gasteiger partial charge is 0.319 e. The molecule has 2 aromatic heterocycles. The number of pyridine rings is 1. The molecule has 0 spiro atoms. The van der Waals surface area contributed by atoms with Gasteiger partial charge in [0.05, 0.1) is 5.69 Å². The Morgan fingerprint density at radius 2 is 1.96 bits per heavy atom. The van der Waals surface area contributed by atoms with Gasteiger partial charge in [0.1, 0.15) is 0 Å². The first-order chi connectivity index (χ1) is 11.6. The summed E-state index contributed by atoms with van der Waals surface area (Å²) in [5.41, 5.74) is 4.21. The zero-order valence-electron chi connectivity index (χ0n) is 13.9. The van der Waals surface area contributed by atoms with Crippen molar-refractivity contribution in [3.8, 4) is 0 Å². The number of benzene rings is 1. The van der Waals surface area contributed by atoms with Gasteiger partial charge in [-0.15, -0.1) is 0 Å². The molecule has 0 saturated heterocycles. The van der Waals surface area contributed by atoms with Crippen molar-refractivity contribution >= 4 is 17.2 Å². The Balaban J connectivity index is 1.66. The highest BCUT2D eigenvalue weighted by Gasteiger charge is 2.24. The molecule has 0 atom stereocenters. The average molecular weight is 320 g/mol. The van der Waals surface area contributed by atoms with Crippen LogP contribution in [-0.2, 0) is 0 Å². The van der Waals surface area contributed by atoms with Gasteiger partial charge in [0.25, 0.3) is 5.91 Å². The molecule has 24 heavy (non-hydrogen) atoms. The van der Waals surface area contributed by atoms with Crippen LogP contribution in [0.4, 0.5) is 5.69 Å². The summed E-state index contributed by atoms with van der Waals surface area (Å²) in [6.07, 6.45) is 5.43. The fourth-order valence-electron chi connectivity index (χ4n) is 3.16. The van der Waals surface area contributed by atoms with Crippen LogP contribution in [0.1, 0.15) is 52.5 Å². The lowest BCUT2D eigenvalue weighted by Crippen LogP contribution is -2.13. The maximum absolute atomic E-state index is 12.6. The van der Waals surface area contributed by atoms with Crippen molar-refractivity contribution < 1.29 is 4.79 Å². The second-order valence-electron chi connectivity index (χ2n) is 6.62. The van der Waals surface area contributed by atoms with Crippen molar-refractivity contribution in [2.24, 2.45) is 0 Å². The number of amides is 1. The maximum atomic E-state index is 12.6. The fourth-order valence-corrected chi connectivity index (χ4v) is 3.16. The fraction of sp³-hybridized carbons (Fsp3) is 0.316. The summed E-state index contributed by atoms with van der Waals surface area (Å²) in [5, 5.41) is 7.54. The van der Waals surface area contributed by atoms with Gasteiger partial charge < -0.3 is 5.32 Å². The number of nitrogens with one attached hydrogen (secondary N) is 1. The lowest BCUT2D eigenvalue weighted by atomic mass is 9.85. The zero-order valence-corrected chi connectivity index (χ0v) is 13.9. The molecular formula is C19H20N4O. The van der Waals surface area contributed by atoms with Crippen LogP contribution in [0.2, 0.25) is 0 Å². The second kappa shape index (κ2) is 5.74. The van der Waals surface area contributed by atoms with Crippen LogP contribution >= 0.6 is 0 Å². The van der Waals surface area contributed by atoms with Gasteiger partial charge in [-0.1, -0.05) is 23.6 Å². The first-order valence-electron chi connectivity index (χ1n) is 8.35. The molecule has 0 bridgehead atoms. The topological polar surface area (TPSA) is 59.3 Å². The third-order valence-electron chi connectivity index (χ3n) is 4.58. The number of anilines is 1. The Hall–Kier alpha value is -2.69. The van der Waals surface area contributed by atoms with Crippen molar-refractivity contribution in [2.75, 3.05) is 5.32 Å². The predicted molar refractivity (Wildman–Crippen MR) is 93.4 cm³/mol. The van der Waals surface area contributed by atoms with Crippen LogP contribution in [0.15, 0.2) is 36.5 Å². The number of aromatic nitrogens is 3. The molecule has 0 unspecified atom stereocenters. The molecule has 1 N–H and O–H groups in total. The summed E-state index contributed by atoms with van der Waals surface area (Å²) >= 11 is 0. The molecule has 1 aromatic carbocycles. The van der Waals surface area contributed by atoms with Crippen LogP contribution in [0.5, 0.6) is 0 Å². The van der Waals surface area contributed by atoms with Gasteiger partial charge in [-0.05, 0) is 51.0 Å². The van der Waals surface area contributed by atoms with Gasteiger partial charge in [0.2, 0.25) is 0 Å². The Labute approximate surface area is 140 Å². The van der Waals surface area contributed by atoms with Crippen LogP contribution < -0.4 is 5.32 Å². The highest BCUT2D eigenvalue weighted by molar-refractivity contribution is 6.06. The first-order valence-corrected chi connectivity index (χ1v) is 8.35. The van der Waals surface area contributed by atoms with Gasteiger partial charge in [-0.2, -0.15) is 5.10 Å². The number of fused-ring (bicyclic) bond motifs is 1. The molecule has 1 saturated carbocycles. The molecule has 1 aliphatic carbocycles. The van der Waals surface area contributed by atoms with E-state index in [1.807, 2.05) is 44.3 Å². The molecular weight excluding hydrogens is 300 g/mol. The van der Waals surface area contributed by atoms with E-state index in [1.54, 1.807) is 4.52 Å². The molecule has 0 radical (unpaired) electrons. The average Bonchev–Trinajstić information content (AvgIpc) is 2.88. The van der Waals surface area contributed by atoms with Crippen molar-refractivity contribution in [1.82, 2.24) is 14.6 Å². The number of nitrogens with zero attached hydrogens (tertiary/aromatic N) is 3. The minimum absolute atomic E-state index is 0.122. The van der Waals surface area contributed by atoms with Crippen molar-refractivity contribution in [1.29, 1.82) is 0 Å². The third-order valence-corrected chi connectivity index (χ3v) is 4.58. The molecule has 1 aliphatic rings. The second-order valence-corrected chi connectivity index (χ2v) is 6.62. The van der Waals surface area contributed by atoms with E-state index >= 15 is 0 Å². The summed E-state index contributed by atoms with van der Waals surface area (Å²) in [4.78, 5) is 17.3. The minimum Gasteiger partial charge on any atom is -0.319 e. The van der Waals surface area contributed by atoms with E-state index in [4.69, 9.17) is 0 Å². The predicted octanol–water partition coefficient (Wildman–Crippen LogP) is 3.87. The third kappa shape index (κ3) is 2.66. The van der Waals surface area contributed by atoms with E-state index in [0.717, 1.165) is 29.8 Å². The molecule has 2 heterocycles. The molecule has 0 aliphatic heterocycles. The van der Waals surface area contributed by atoms with Crippen molar-refractivity contribution in [3.05, 3.63) is 59.0 Å². The maximum Gasteiger partial charge on any atom is 0.255 e. The summed E-state index contributed by atoms with van der Waals surface area (Å²) in [6.45, 7) is 3.99. The number of hydrogen-bond acceptors (Lipinski definition) is 3. The van der Waals surface area contributed by atoms with E-state index in [1.165, 1.54) is 6.42 Å². The van der Waals surface area contributed by atoms with Gasteiger partial charge in [0.15, 0.2) is 11.5 Å². The van der Waals surface area contributed by atoms with Crippen molar-refractivity contribution in [2.45, 2.75) is 39.0 Å². The quantitative estimate of drug-likeness (QED) is 0.797. The van der Waals surface area contributed by atoms with Crippen LogP contribution in [0, 0.1) is 13.8 Å². The normalized spacial score (nSPS) is 14.6. The zero-order chi connectivity index (χ0) is 16.7. The smallest absolute Gasteiger partial charge is 0.255 e. The Morgan fingerprint density at radius 3 is 2.62 bits per heavy atom. The molecule has 5 nitrogen and oxygen atoms in total. The van der Waals surface area contributed by atoms with E-state index in [-0.39, 0.29) is 5.91 Å². The van der Waals surface area contributed by atoms with Crippen LogP contribution in [0.25, 0.3) is 5.65 Å². The molecule has 4 rings (SSSR count). The molecule has 3 aromatic rings. The molecule has 5 heteroatoms. The number of aryl methyl sites for hydroxylation is 2. The monoisotopic (exact) mass is 320 g/mol. The van der Waals surface area contributed by atoms with Gasteiger partial charge in [-0.25, -0.2) is 9.50 Å². The summed E-state index contributed by atoms with van der Waals surface area (Å²) in [6, 6.07) is 9.59. The van der Waals surface area contributed by atoms with E-state index in [0.29, 0.717) is 22.8 Å². The van der Waals surface area contributed by atoms with Gasteiger partial charge in [0, 0.05) is 17.7 Å². The number of rotatable bonds is 3. The van der Waals surface area contributed by atoms with E-state index < -0.39 is 0 Å². The van der Waals surface area contributed by atoms with E-state index in [2.05, 4.69) is 21.5 Å². The number of carbonyl (C=O) groups excluding carboxylic acids is 1. The highest BCUT2D eigenvalue weighted by atomic mass is 16.1. The number of hydrogen-bond donors (Lipinski definition) is 1. The highest BCUT2D eigenvalue weighted by Crippen LogP contribution is 2.35. The Kier molecular flexibility index (Phi) is 3.56. The summed E-state index contributed by atoms with van der Waals surface area (Å²) in [7, 11) is 0. The first kappa shape index (κ1) is 14.9. The Morgan fingerprint density at radius 1 is 1.21 bits per heavy atom. The Bertz CT molecular complexity index is 904. The minimum atomic E-state index is -0.122. The van der Waals surface area contributed by atoms with Gasteiger partial charge >= 0.3 is 0 Å². The summed E-state index contributed by atoms with van der Waals surface area (Å²) in [5.74, 6) is 1.23. The van der Waals surface area contributed by atoms with Crippen LogP contribution in [0.3, 0.4) is 0 Å². The van der Waals surface area contributed by atoms with Gasteiger partial charge in [-0.3, -0.25) is 4.79 Å². The van der Waals surface area contributed by atoms with E-state index in [9.17, 15) is 4.79 Å². The lowest BCUT2D eigenvalue weighted by Gasteiger charge is -2.21. The van der Waals surface area contributed by atoms with Crippen LogP contribution in [-0.4, -0.2) is 20.5 Å². The molecule has 1 fully saturated rings. The van der Waals surface area contributed by atoms with Crippen molar-refractivity contribution in [3.63, 3.8) is 0 Å². The number of carbonyl (C=O) groups is 1. The standard InChI is InChI=1S/C19H20N4O/c1-12-9-13(2)11-15(10-12)19(24)20-16-7-4-8-23-18(16)21-17(22-23)14-5-3-6-14/h4,7-11,14H,3,5-6H2,1-2H3,(H,20,24). The lowest BCUT2D eigenvalue weighted by molar-refractivity contribution is 0.102.